The van der Waals surface area contributed by atoms with Crippen molar-refractivity contribution >= 4 is 5.57 Å². The first-order chi connectivity index (χ1) is 7.06. The molecule has 0 saturated heterocycles. The van der Waals surface area contributed by atoms with Crippen LogP contribution in [-0.2, 0) is 6.42 Å². The lowest BCUT2D eigenvalue weighted by Crippen LogP contribution is -2.01. The highest BCUT2D eigenvalue weighted by atomic mass is 16.5. The molecule has 2 rings (SSSR count). The zero-order chi connectivity index (χ0) is 11.2. The summed E-state index contributed by atoms with van der Waals surface area (Å²) in [5.41, 5.74) is 7.53. The lowest BCUT2D eigenvalue weighted by Gasteiger charge is -2.13. The van der Waals surface area contributed by atoms with Crippen molar-refractivity contribution in [2.24, 2.45) is 0 Å². The van der Waals surface area contributed by atoms with Crippen LogP contribution in [0.3, 0.4) is 0 Å². The molecule has 1 aromatic heterocycles. The molecule has 0 aliphatic heterocycles. The molecule has 0 N–H and O–H groups in total. The molecule has 0 aromatic carbocycles. The lowest BCUT2D eigenvalue weighted by molar-refractivity contribution is 0.405. The van der Waals surface area contributed by atoms with E-state index in [9.17, 15) is 0 Å². The number of hydrogen-bond acceptors (Lipinski definition) is 2. The van der Waals surface area contributed by atoms with Crippen LogP contribution in [0, 0.1) is 13.8 Å². The highest BCUT2D eigenvalue weighted by Crippen LogP contribution is 2.38. The van der Waals surface area contributed by atoms with E-state index in [2.05, 4.69) is 25.8 Å². The Morgan fingerprint density at radius 2 is 1.80 bits per heavy atom. The molecule has 1 heterocycles. The molecule has 0 fully saturated rings. The van der Waals surface area contributed by atoms with Gasteiger partial charge in [0.2, 0.25) is 0 Å². The van der Waals surface area contributed by atoms with Crippen LogP contribution in [0.15, 0.2) is 5.57 Å². The van der Waals surface area contributed by atoms with Crippen molar-refractivity contribution in [2.45, 2.75) is 34.1 Å². The summed E-state index contributed by atoms with van der Waals surface area (Å²) in [6, 6.07) is 0. The number of fused-ring (bicyclic) bond motifs is 1. The van der Waals surface area contributed by atoms with Crippen LogP contribution in [0.25, 0.3) is 5.57 Å². The Morgan fingerprint density at radius 3 is 2.40 bits per heavy atom. The molecule has 0 saturated carbocycles. The number of rotatable bonds is 1. The first kappa shape index (κ1) is 10.2. The minimum Gasteiger partial charge on any atom is -0.495 e. The molecule has 0 unspecified atom stereocenters. The van der Waals surface area contributed by atoms with Crippen molar-refractivity contribution in [3.05, 3.63) is 28.1 Å². The highest BCUT2D eigenvalue weighted by Gasteiger charge is 2.22. The van der Waals surface area contributed by atoms with E-state index >= 15 is 0 Å². The van der Waals surface area contributed by atoms with Crippen molar-refractivity contribution in [2.75, 3.05) is 7.11 Å². The quantitative estimate of drug-likeness (QED) is 0.699. The summed E-state index contributed by atoms with van der Waals surface area (Å²) in [4.78, 5) is 4.62. The van der Waals surface area contributed by atoms with Gasteiger partial charge in [-0.3, -0.25) is 4.98 Å². The molecular weight excluding hydrogens is 186 g/mol. The van der Waals surface area contributed by atoms with E-state index in [4.69, 9.17) is 4.74 Å². The van der Waals surface area contributed by atoms with E-state index in [1.165, 1.54) is 28.0 Å². The molecule has 1 aromatic rings. The molecule has 80 valence electrons. The van der Waals surface area contributed by atoms with E-state index in [0.717, 1.165) is 17.9 Å². The topological polar surface area (TPSA) is 22.1 Å². The number of ether oxygens (including phenoxy) is 1. The Hall–Kier alpha value is -1.31. The van der Waals surface area contributed by atoms with Crippen LogP contribution in [0.4, 0.5) is 0 Å². The Morgan fingerprint density at radius 1 is 1.13 bits per heavy atom. The minimum absolute atomic E-state index is 0.933. The smallest absolute Gasteiger partial charge is 0.143 e. The van der Waals surface area contributed by atoms with Gasteiger partial charge in [-0.15, -0.1) is 0 Å². The number of methoxy groups -OCH3 is 1. The number of aryl methyl sites for hydroxylation is 1. The van der Waals surface area contributed by atoms with Gasteiger partial charge >= 0.3 is 0 Å². The highest BCUT2D eigenvalue weighted by molar-refractivity contribution is 5.77. The first-order valence-corrected chi connectivity index (χ1v) is 5.27. The van der Waals surface area contributed by atoms with Gasteiger partial charge < -0.3 is 4.74 Å². The van der Waals surface area contributed by atoms with Gasteiger partial charge in [-0.05, 0) is 33.3 Å². The second-order valence-corrected chi connectivity index (χ2v) is 4.26. The predicted molar refractivity (Wildman–Crippen MR) is 62.2 cm³/mol. The third-order valence-electron chi connectivity index (χ3n) is 3.29. The van der Waals surface area contributed by atoms with Gasteiger partial charge in [-0.25, -0.2) is 0 Å². The maximum absolute atomic E-state index is 5.40. The maximum atomic E-state index is 5.40. The van der Waals surface area contributed by atoms with Gasteiger partial charge in [0.15, 0.2) is 0 Å². The molecule has 1 aliphatic carbocycles. The molecule has 15 heavy (non-hydrogen) atoms. The van der Waals surface area contributed by atoms with Gasteiger partial charge in [0, 0.05) is 17.5 Å². The molecule has 0 atom stereocenters. The average Bonchev–Trinajstić information content (AvgIpc) is 2.43. The predicted octanol–water partition coefficient (Wildman–Crippen LogP) is 3.06. The van der Waals surface area contributed by atoms with E-state index in [1.807, 2.05) is 6.92 Å². The fraction of sp³-hybridized carbons (Fsp3) is 0.462. The molecule has 1 aliphatic rings. The summed E-state index contributed by atoms with van der Waals surface area (Å²) >= 11 is 0. The SMILES string of the molecule is COc1c(C)nc2c(c1C)C(C)=C(C)C2. The van der Waals surface area contributed by atoms with Gasteiger partial charge in [-0.1, -0.05) is 5.57 Å². The summed E-state index contributed by atoms with van der Waals surface area (Å²) in [5, 5.41) is 0. The van der Waals surface area contributed by atoms with Crippen LogP contribution < -0.4 is 4.74 Å². The third kappa shape index (κ3) is 1.36. The van der Waals surface area contributed by atoms with Gasteiger partial charge in [0.05, 0.1) is 18.5 Å². The van der Waals surface area contributed by atoms with E-state index in [0.29, 0.717) is 0 Å². The summed E-state index contributed by atoms with van der Waals surface area (Å²) < 4.78 is 5.40. The molecular formula is C13H17NO. The Balaban J connectivity index is 2.71. The summed E-state index contributed by atoms with van der Waals surface area (Å²) in [6.07, 6.45) is 0.993. The van der Waals surface area contributed by atoms with Gasteiger partial charge in [0.1, 0.15) is 5.75 Å². The molecule has 2 nitrogen and oxygen atoms in total. The van der Waals surface area contributed by atoms with Crippen molar-refractivity contribution in [3.63, 3.8) is 0 Å². The van der Waals surface area contributed by atoms with Crippen LogP contribution in [0.2, 0.25) is 0 Å². The van der Waals surface area contributed by atoms with E-state index in [-0.39, 0.29) is 0 Å². The molecule has 0 spiro atoms. The second kappa shape index (κ2) is 3.37. The Labute approximate surface area is 91.0 Å². The van der Waals surface area contributed by atoms with Crippen LogP contribution in [0.5, 0.6) is 5.75 Å². The summed E-state index contributed by atoms with van der Waals surface area (Å²) in [6.45, 7) is 8.48. The largest absolute Gasteiger partial charge is 0.495 e. The number of nitrogens with zero attached hydrogens (tertiary/aromatic N) is 1. The van der Waals surface area contributed by atoms with Crippen molar-refractivity contribution in [1.29, 1.82) is 0 Å². The molecule has 0 amide bonds. The Kier molecular flexibility index (Phi) is 2.29. The van der Waals surface area contributed by atoms with Gasteiger partial charge in [-0.2, -0.15) is 0 Å². The standard InChI is InChI=1S/C13H17NO/c1-7-6-11-12(8(7)2)9(3)13(15-5)10(4)14-11/h6H2,1-5H3. The summed E-state index contributed by atoms with van der Waals surface area (Å²) in [5.74, 6) is 0.933. The lowest BCUT2D eigenvalue weighted by atomic mass is 10.0. The van der Waals surface area contributed by atoms with Crippen molar-refractivity contribution in [1.82, 2.24) is 4.98 Å². The minimum atomic E-state index is 0.933. The number of pyridine rings is 1. The second-order valence-electron chi connectivity index (χ2n) is 4.26. The number of aromatic nitrogens is 1. The van der Waals surface area contributed by atoms with E-state index < -0.39 is 0 Å². The fourth-order valence-corrected chi connectivity index (χ4v) is 2.43. The fourth-order valence-electron chi connectivity index (χ4n) is 2.43. The van der Waals surface area contributed by atoms with Crippen LogP contribution >= 0.6 is 0 Å². The van der Waals surface area contributed by atoms with Crippen LogP contribution in [0.1, 0.15) is 36.4 Å². The number of hydrogen-bond donors (Lipinski definition) is 0. The van der Waals surface area contributed by atoms with Gasteiger partial charge in [0.25, 0.3) is 0 Å². The van der Waals surface area contributed by atoms with E-state index in [1.54, 1.807) is 7.11 Å². The first-order valence-electron chi connectivity index (χ1n) is 5.27. The van der Waals surface area contributed by atoms with Crippen molar-refractivity contribution < 1.29 is 4.74 Å². The molecule has 2 heteroatoms. The molecule has 0 bridgehead atoms. The zero-order valence-corrected chi connectivity index (χ0v) is 10.1. The van der Waals surface area contributed by atoms with Crippen molar-refractivity contribution in [3.8, 4) is 5.75 Å². The monoisotopic (exact) mass is 203 g/mol. The third-order valence-corrected chi connectivity index (χ3v) is 3.29. The maximum Gasteiger partial charge on any atom is 0.143 e. The summed E-state index contributed by atoms with van der Waals surface area (Å²) in [7, 11) is 1.71. The normalized spacial score (nSPS) is 14.5. The number of allylic oxidation sites excluding steroid dienone is 2. The Bertz CT molecular complexity index is 458. The van der Waals surface area contributed by atoms with Crippen LogP contribution in [-0.4, -0.2) is 12.1 Å². The average molecular weight is 203 g/mol. The molecule has 0 radical (unpaired) electrons. The zero-order valence-electron chi connectivity index (χ0n) is 10.1.